The van der Waals surface area contributed by atoms with Crippen LogP contribution in [0.1, 0.15) is 32.6 Å². The number of ether oxygens (including phenoxy) is 1. The van der Waals surface area contributed by atoms with E-state index in [1.807, 2.05) is 0 Å². The molecular weight excluding hydrogens is 138 g/mol. The Morgan fingerprint density at radius 3 is 3.09 bits per heavy atom. The molecule has 0 amide bonds. The van der Waals surface area contributed by atoms with Gasteiger partial charge in [0.25, 0.3) is 0 Å². The van der Waals surface area contributed by atoms with E-state index in [2.05, 4.69) is 11.9 Å². The second-order valence-corrected chi connectivity index (χ2v) is 3.13. The summed E-state index contributed by atoms with van der Waals surface area (Å²) < 4.78 is 5.12. The Labute approximate surface area is 68.7 Å². The van der Waals surface area contributed by atoms with Gasteiger partial charge in [-0.2, -0.15) is 0 Å². The third kappa shape index (κ3) is 2.52. The van der Waals surface area contributed by atoms with Gasteiger partial charge >= 0.3 is 0 Å². The monoisotopic (exact) mass is 155 g/mol. The van der Waals surface area contributed by atoms with Gasteiger partial charge in [0.2, 0.25) is 0 Å². The topological polar surface area (TPSA) is 21.6 Å². The Morgan fingerprint density at radius 1 is 1.64 bits per heavy atom. The summed E-state index contributed by atoms with van der Waals surface area (Å²) in [6.45, 7) is 3.20. The summed E-state index contributed by atoms with van der Waals surface area (Å²) in [5, 5.41) is 0. The van der Waals surface area contributed by atoms with E-state index in [9.17, 15) is 0 Å². The lowest BCUT2D eigenvalue weighted by molar-refractivity contribution is 0.342. The number of hydrogen-bond acceptors (Lipinski definition) is 2. The minimum absolute atomic E-state index is 0.826. The highest BCUT2D eigenvalue weighted by atomic mass is 16.5. The summed E-state index contributed by atoms with van der Waals surface area (Å²) in [4.78, 5) is 4.27. The van der Waals surface area contributed by atoms with Crippen LogP contribution in [0, 0.1) is 5.92 Å². The summed E-state index contributed by atoms with van der Waals surface area (Å²) in [6, 6.07) is 0. The van der Waals surface area contributed by atoms with Crippen molar-refractivity contribution in [2.45, 2.75) is 32.6 Å². The molecule has 0 saturated carbocycles. The van der Waals surface area contributed by atoms with Crippen LogP contribution in [0.4, 0.5) is 0 Å². The fourth-order valence-corrected chi connectivity index (χ4v) is 1.59. The molecule has 0 aliphatic carbocycles. The van der Waals surface area contributed by atoms with E-state index >= 15 is 0 Å². The quantitative estimate of drug-likeness (QED) is 0.599. The maximum atomic E-state index is 5.12. The second kappa shape index (κ2) is 4.37. The molecule has 1 aliphatic heterocycles. The fourth-order valence-electron chi connectivity index (χ4n) is 1.59. The molecule has 0 saturated heterocycles. The minimum atomic E-state index is 0.826. The molecule has 2 heteroatoms. The molecule has 0 fully saturated rings. The molecule has 0 aromatic carbocycles. The molecule has 0 unspecified atom stereocenters. The third-order valence-corrected chi connectivity index (χ3v) is 2.22. The van der Waals surface area contributed by atoms with Gasteiger partial charge in [-0.3, -0.25) is 4.99 Å². The highest BCUT2D eigenvalue weighted by Crippen LogP contribution is 2.20. The molecule has 0 spiro atoms. The zero-order valence-corrected chi connectivity index (χ0v) is 7.47. The summed E-state index contributed by atoms with van der Waals surface area (Å²) in [7, 11) is 1.72. The highest BCUT2D eigenvalue weighted by Gasteiger charge is 2.15. The number of rotatable bonds is 2. The molecule has 1 heterocycles. The van der Waals surface area contributed by atoms with E-state index in [4.69, 9.17) is 4.74 Å². The van der Waals surface area contributed by atoms with Crippen LogP contribution in [0.25, 0.3) is 0 Å². The van der Waals surface area contributed by atoms with Gasteiger partial charge in [0.1, 0.15) is 0 Å². The Morgan fingerprint density at radius 2 is 2.45 bits per heavy atom. The summed E-state index contributed by atoms with van der Waals surface area (Å²) >= 11 is 0. The van der Waals surface area contributed by atoms with Crippen LogP contribution < -0.4 is 0 Å². The van der Waals surface area contributed by atoms with Crippen molar-refractivity contribution in [3.63, 3.8) is 0 Å². The van der Waals surface area contributed by atoms with Gasteiger partial charge in [-0.1, -0.05) is 19.8 Å². The van der Waals surface area contributed by atoms with Crippen molar-refractivity contribution in [2.75, 3.05) is 13.7 Å². The van der Waals surface area contributed by atoms with Gasteiger partial charge in [0, 0.05) is 13.0 Å². The molecule has 0 bridgehead atoms. The van der Waals surface area contributed by atoms with E-state index in [1.54, 1.807) is 7.11 Å². The van der Waals surface area contributed by atoms with Gasteiger partial charge in [-0.15, -0.1) is 0 Å². The highest BCUT2D eigenvalue weighted by molar-refractivity contribution is 5.76. The zero-order chi connectivity index (χ0) is 8.10. The van der Waals surface area contributed by atoms with Crippen LogP contribution in [0.5, 0.6) is 0 Å². The molecule has 11 heavy (non-hydrogen) atoms. The third-order valence-electron chi connectivity index (χ3n) is 2.22. The van der Waals surface area contributed by atoms with Crippen molar-refractivity contribution >= 4 is 5.90 Å². The maximum absolute atomic E-state index is 5.12. The average molecular weight is 155 g/mol. The van der Waals surface area contributed by atoms with Crippen LogP contribution in [0.15, 0.2) is 4.99 Å². The normalized spacial score (nSPS) is 24.5. The van der Waals surface area contributed by atoms with Crippen molar-refractivity contribution in [1.29, 1.82) is 0 Å². The smallest absolute Gasteiger partial charge is 0.183 e. The average Bonchev–Trinajstić information content (AvgIpc) is 2.06. The lowest BCUT2D eigenvalue weighted by Gasteiger charge is -2.19. The van der Waals surface area contributed by atoms with Crippen molar-refractivity contribution in [3.05, 3.63) is 0 Å². The van der Waals surface area contributed by atoms with E-state index in [0.29, 0.717) is 0 Å². The molecule has 0 radical (unpaired) electrons. The van der Waals surface area contributed by atoms with Gasteiger partial charge in [0.05, 0.1) is 7.11 Å². The fraction of sp³-hybridized carbons (Fsp3) is 0.889. The number of aliphatic imine (C=N–C) groups is 1. The van der Waals surface area contributed by atoms with Crippen molar-refractivity contribution in [3.8, 4) is 0 Å². The SMILES string of the molecule is CCC[C@@H]1CCN=C(OC)C1. The van der Waals surface area contributed by atoms with Crippen molar-refractivity contribution in [2.24, 2.45) is 10.9 Å². The van der Waals surface area contributed by atoms with Gasteiger partial charge in [-0.05, 0) is 12.3 Å². The summed E-state index contributed by atoms with van der Waals surface area (Å²) in [5.74, 6) is 1.78. The summed E-state index contributed by atoms with van der Waals surface area (Å²) in [5.41, 5.74) is 0. The van der Waals surface area contributed by atoms with E-state index < -0.39 is 0 Å². The minimum Gasteiger partial charge on any atom is -0.484 e. The maximum Gasteiger partial charge on any atom is 0.183 e. The summed E-state index contributed by atoms with van der Waals surface area (Å²) in [6.07, 6.45) is 4.91. The van der Waals surface area contributed by atoms with Crippen LogP contribution in [0.2, 0.25) is 0 Å². The van der Waals surface area contributed by atoms with Crippen LogP contribution in [0.3, 0.4) is 0 Å². The first-order valence-electron chi connectivity index (χ1n) is 4.44. The molecule has 1 aliphatic rings. The van der Waals surface area contributed by atoms with Crippen LogP contribution >= 0.6 is 0 Å². The van der Waals surface area contributed by atoms with Crippen molar-refractivity contribution < 1.29 is 4.74 Å². The Kier molecular flexibility index (Phi) is 3.40. The Balaban J connectivity index is 2.33. The Hall–Kier alpha value is -0.530. The van der Waals surface area contributed by atoms with E-state index in [1.165, 1.54) is 19.3 Å². The predicted octanol–water partition coefficient (Wildman–Crippen LogP) is 2.24. The lowest BCUT2D eigenvalue weighted by atomic mass is 9.94. The van der Waals surface area contributed by atoms with E-state index in [0.717, 1.165) is 24.8 Å². The molecule has 2 nitrogen and oxygen atoms in total. The number of nitrogens with zero attached hydrogens (tertiary/aromatic N) is 1. The predicted molar refractivity (Wildman–Crippen MR) is 46.9 cm³/mol. The lowest BCUT2D eigenvalue weighted by Crippen LogP contribution is -2.17. The standard InChI is InChI=1S/C9H17NO/c1-3-4-8-5-6-10-9(7-8)11-2/h8H,3-7H2,1-2H3/t8-/m1/s1. The molecule has 0 aromatic heterocycles. The zero-order valence-electron chi connectivity index (χ0n) is 7.47. The first kappa shape index (κ1) is 8.57. The van der Waals surface area contributed by atoms with Crippen molar-refractivity contribution in [1.82, 2.24) is 0 Å². The molecule has 1 rings (SSSR count). The first-order valence-corrected chi connectivity index (χ1v) is 4.44. The molecule has 0 aromatic rings. The van der Waals surface area contributed by atoms with Gasteiger partial charge in [0.15, 0.2) is 5.90 Å². The first-order chi connectivity index (χ1) is 5.36. The van der Waals surface area contributed by atoms with Crippen LogP contribution in [-0.4, -0.2) is 19.6 Å². The molecule has 0 N–H and O–H groups in total. The molecular formula is C9H17NO. The van der Waals surface area contributed by atoms with Gasteiger partial charge < -0.3 is 4.74 Å². The number of methoxy groups -OCH3 is 1. The van der Waals surface area contributed by atoms with Gasteiger partial charge in [-0.25, -0.2) is 0 Å². The van der Waals surface area contributed by atoms with E-state index in [-0.39, 0.29) is 0 Å². The molecule has 1 atom stereocenters. The molecule has 64 valence electrons. The number of hydrogen-bond donors (Lipinski definition) is 0. The largest absolute Gasteiger partial charge is 0.484 e. The Bertz CT molecular complexity index is 142. The van der Waals surface area contributed by atoms with Crippen LogP contribution in [-0.2, 0) is 4.74 Å². The second-order valence-electron chi connectivity index (χ2n) is 3.13.